The number of anilines is 1. The van der Waals surface area contributed by atoms with Crippen LogP contribution in [0.1, 0.15) is 38.6 Å². The molecule has 0 aliphatic carbocycles. The van der Waals surface area contributed by atoms with Crippen molar-refractivity contribution >= 4 is 11.9 Å². The van der Waals surface area contributed by atoms with Crippen molar-refractivity contribution in [1.29, 1.82) is 0 Å². The Balaban J connectivity index is 1.44. The Morgan fingerprint density at radius 1 is 1.16 bits per heavy atom. The van der Waals surface area contributed by atoms with Crippen LogP contribution in [-0.4, -0.2) is 75.8 Å². The summed E-state index contributed by atoms with van der Waals surface area (Å²) < 4.78 is 21.1. The fraction of sp³-hybridized carbons (Fsp3) is 0.481. The number of hydrogen-bond donors (Lipinski definition) is 2. The van der Waals surface area contributed by atoms with Gasteiger partial charge in [-0.15, -0.1) is 0 Å². The fourth-order valence-corrected chi connectivity index (χ4v) is 5.20. The van der Waals surface area contributed by atoms with Crippen LogP contribution in [-0.2, 0) is 9.53 Å². The molecule has 9 nitrogen and oxygen atoms in total. The molecule has 0 spiro atoms. The van der Waals surface area contributed by atoms with Gasteiger partial charge < -0.3 is 24.8 Å². The van der Waals surface area contributed by atoms with E-state index in [-0.39, 0.29) is 23.9 Å². The number of hydrogen-bond acceptors (Lipinski definition) is 8. The van der Waals surface area contributed by atoms with Crippen LogP contribution in [0.3, 0.4) is 0 Å². The highest BCUT2D eigenvalue weighted by molar-refractivity contribution is 5.77. The highest BCUT2D eigenvalue weighted by Crippen LogP contribution is 2.35. The van der Waals surface area contributed by atoms with Crippen molar-refractivity contribution < 1.29 is 13.9 Å². The lowest BCUT2D eigenvalue weighted by Gasteiger charge is -2.31. The van der Waals surface area contributed by atoms with Crippen molar-refractivity contribution in [3.8, 4) is 22.6 Å². The maximum absolute atomic E-state index is 13.7. The topological polar surface area (TPSA) is 97.2 Å². The number of benzene rings is 1. The Hall–Kier alpha value is -3.37. The molecule has 1 aromatic carbocycles. The average Bonchev–Trinajstić information content (AvgIpc) is 3.35. The second kappa shape index (κ2) is 11.4. The zero-order chi connectivity index (χ0) is 25.8. The van der Waals surface area contributed by atoms with Crippen LogP contribution >= 0.6 is 0 Å². The maximum Gasteiger partial charge on any atom is 0.323 e. The number of ether oxygens (including phenoxy) is 1. The number of carbonyl (C=O) groups excluding carboxylic acids is 1. The molecule has 5 rings (SSSR count). The van der Waals surface area contributed by atoms with Crippen molar-refractivity contribution in [3.05, 3.63) is 48.7 Å². The van der Waals surface area contributed by atoms with E-state index in [1.54, 1.807) is 18.3 Å². The van der Waals surface area contributed by atoms with Crippen LogP contribution in [0.2, 0.25) is 0 Å². The van der Waals surface area contributed by atoms with Crippen LogP contribution in [0.15, 0.2) is 42.9 Å². The van der Waals surface area contributed by atoms with Crippen molar-refractivity contribution in [2.75, 3.05) is 38.6 Å². The van der Waals surface area contributed by atoms with Crippen molar-refractivity contribution in [1.82, 2.24) is 29.7 Å². The number of aromatic nitrogens is 4. The number of esters is 1. The normalized spacial score (nSPS) is 21.1. The summed E-state index contributed by atoms with van der Waals surface area (Å²) in [5, 5.41) is 6.66. The number of imidazole rings is 1. The molecule has 3 aromatic rings. The van der Waals surface area contributed by atoms with E-state index in [0.717, 1.165) is 55.0 Å². The highest BCUT2D eigenvalue weighted by atomic mass is 19.1. The Morgan fingerprint density at radius 2 is 1.95 bits per heavy atom. The third-order valence-electron chi connectivity index (χ3n) is 7.20. The first-order valence-electron chi connectivity index (χ1n) is 13.0. The second-order valence-electron chi connectivity index (χ2n) is 9.78. The van der Waals surface area contributed by atoms with E-state index in [1.807, 2.05) is 19.3 Å². The van der Waals surface area contributed by atoms with Gasteiger partial charge in [0.05, 0.1) is 30.0 Å². The molecule has 2 aromatic heterocycles. The van der Waals surface area contributed by atoms with Gasteiger partial charge in [-0.1, -0.05) is 0 Å². The Labute approximate surface area is 216 Å². The minimum Gasteiger partial charge on any atom is -0.465 e. The molecule has 196 valence electrons. The van der Waals surface area contributed by atoms with Gasteiger partial charge in [0.15, 0.2) is 0 Å². The average molecular weight is 508 g/mol. The van der Waals surface area contributed by atoms with Crippen LogP contribution in [0, 0.1) is 5.82 Å². The number of nitrogens with one attached hydrogen (secondary N) is 2. The summed E-state index contributed by atoms with van der Waals surface area (Å²) in [4.78, 5) is 28.7. The van der Waals surface area contributed by atoms with Gasteiger partial charge in [-0.25, -0.2) is 19.3 Å². The van der Waals surface area contributed by atoms with Gasteiger partial charge in [0, 0.05) is 23.8 Å². The summed E-state index contributed by atoms with van der Waals surface area (Å²) in [6.07, 6.45) is 7.11. The second-order valence-corrected chi connectivity index (χ2v) is 9.78. The number of halogens is 1. The number of likely N-dealkylation sites (tertiary alicyclic amines) is 1. The van der Waals surface area contributed by atoms with E-state index >= 15 is 0 Å². The lowest BCUT2D eigenvalue weighted by Crippen LogP contribution is -2.48. The minimum absolute atomic E-state index is 0.0428. The van der Waals surface area contributed by atoms with E-state index < -0.39 is 0 Å². The standard InChI is InChI=1S/C27H34FN7O2/c1-3-37-26(36)23-16-20(8-12-29-23)32-27-30-13-9-22(33-27)25-24(18-4-6-19(28)7-5-18)31-17-35(25)21-10-14-34(2)15-11-21/h4-7,9,13,17,20-21,23,29H,3,8,10-12,14-16H2,1-2H3,(H,30,32,33). The smallest absolute Gasteiger partial charge is 0.323 e. The van der Waals surface area contributed by atoms with Gasteiger partial charge in [0.25, 0.3) is 0 Å². The number of piperidine rings is 2. The van der Waals surface area contributed by atoms with E-state index in [0.29, 0.717) is 31.6 Å². The van der Waals surface area contributed by atoms with Crippen LogP contribution in [0.5, 0.6) is 0 Å². The Bertz CT molecular complexity index is 1210. The molecule has 0 saturated carbocycles. The molecule has 10 heteroatoms. The SMILES string of the molecule is CCOC(=O)C1CC(Nc2nccc(-c3c(-c4ccc(F)cc4)ncn3C3CCN(C)CC3)n2)CCN1. The first-order valence-corrected chi connectivity index (χ1v) is 13.0. The Kier molecular flexibility index (Phi) is 7.76. The summed E-state index contributed by atoms with van der Waals surface area (Å²) in [6.45, 7) is 4.91. The predicted octanol–water partition coefficient (Wildman–Crippen LogP) is 3.51. The molecule has 2 aliphatic rings. The van der Waals surface area contributed by atoms with Gasteiger partial charge in [0.1, 0.15) is 11.9 Å². The quantitative estimate of drug-likeness (QED) is 0.469. The van der Waals surface area contributed by atoms with Crippen LogP contribution < -0.4 is 10.6 Å². The molecule has 2 unspecified atom stereocenters. The third-order valence-corrected chi connectivity index (χ3v) is 7.20. The van der Waals surface area contributed by atoms with Crippen molar-refractivity contribution in [2.24, 2.45) is 0 Å². The molecule has 4 heterocycles. The first kappa shape index (κ1) is 25.3. The zero-order valence-corrected chi connectivity index (χ0v) is 21.4. The zero-order valence-electron chi connectivity index (χ0n) is 21.4. The highest BCUT2D eigenvalue weighted by Gasteiger charge is 2.29. The number of carbonyl (C=O) groups is 1. The molecule has 0 radical (unpaired) electrons. The molecule has 37 heavy (non-hydrogen) atoms. The Morgan fingerprint density at radius 3 is 2.70 bits per heavy atom. The lowest BCUT2D eigenvalue weighted by molar-refractivity contribution is -0.146. The van der Waals surface area contributed by atoms with Gasteiger partial charge in [-0.3, -0.25) is 4.79 Å². The summed E-state index contributed by atoms with van der Waals surface area (Å²) in [7, 11) is 2.14. The monoisotopic (exact) mass is 507 g/mol. The van der Waals surface area contributed by atoms with Gasteiger partial charge in [-0.05, 0) is 89.6 Å². The maximum atomic E-state index is 13.7. The van der Waals surface area contributed by atoms with E-state index in [2.05, 4.69) is 32.1 Å². The molecule has 2 atom stereocenters. The van der Waals surface area contributed by atoms with Crippen LogP contribution in [0.4, 0.5) is 10.3 Å². The molecule has 0 amide bonds. The van der Waals surface area contributed by atoms with Gasteiger partial charge in [-0.2, -0.15) is 0 Å². The minimum atomic E-state index is -0.342. The van der Waals surface area contributed by atoms with Gasteiger partial charge in [0.2, 0.25) is 5.95 Å². The molecular formula is C27H34FN7O2. The van der Waals surface area contributed by atoms with E-state index in [1.165, 1.54) is 12.1 Å². The molecule has 2 fully saturated rings. The molecule has 0 bridgehead atoms. The molecule has 2 N–H and O–H groups in total. The van der Waals surface area contributed by atoms with Gasteiger partial charge >= 0.3 is 5.97 Å². The molecule has 2 aliphatic heterocycles. The van der Waals surface area contributed by atoms with Crippen LogP contribution in [0.25, 0.3) is 22.6 Å². The molecular weight excluding hydrogens is 473 g/mol. The number of rotatable bonds is 7. The number of nitrogens with zero attached hydrogens (tertiary/aromatic N) is 5. The summed E-state index contributed by atoms with van der Waals surface area (Å²) >= 11 is 0. The third kappa shape index (κ3) is 5.80. The predicted molar refractivity (Wildman–Crippen MR) is 139 cm³/mol. The van der Waals surface area contributed by atoms with E-state index in [4.69, 9.17) is 14.7 Å². The van der Waals surface area contributed by atoms with Crippen molar-refractivity contribution in [2.45, 2.75) is 50.7 Å². The summed E-state index contributed by atoms with van der Waals surface area (Å²) in [6, 6.07) is 8.32. The largest absolute Gasteiger partial charge is 0.465 e. The van der Waals surface area contributed by atoms with E-state index in [9.17, 15) is 9.18 Å². The first-order chi connectivity index (χ1) is 18.0. The fourth-order valence-electron chi connectivity index (χ4n) is 5.20. The van der Waals surface area contributed by atoms with Crippen molar-refractivity contribution in [3.63, 3.8) is 0 Å². The lowest BCUT2D eigenvalue weighted by atomic mass is 9.99. The summed E-state index contributed by atoms with van der Waals surface area (Å²) in [5.41, 5.74) is 3.27. The molecule has 2 saturated heterocycles. The summed E-state index contributed by atoms with van der Waals surface area (Å²) in [5.74, 6) is -0.000466.